The third-order valence-electron chi connectivity index (χ3n) is 4.64. The average Bonchev–Trinajstić information content (AvgIpc) is 2.86. The minimum absolute atomic E-state index is 0.0473. The molecular weight excluding hydrogens is 346 g/mol. The highest BCUT2D eigenvalue weighted by Crippen LogP contribution is 2.26. The molecule has 0 saturated heterocycles. The fourth-order valence-corrected chi connectivity index (χ4v) is 4.13. The van der Waals surface area contributed by atoms with Crippen molar-refractivity contribution in [2.24, 2.45) is 0 Å². The summed E-state index contributed by atoms with van der Waals surface area (Å²) in [6.07, 6.45) is 0. The molecule has 1 amide bonds. The zero-order chi connectivity index (χ0) is 19.0. The van der Waals surface area contributed by atoms with Gasteiger partial charge in [-0.2, -0.15) is 0 Å². The Morgan fingerprint density at radius 1 is 1.23 bits per heavy atom. The van der Waals surface area contributed by atoms with E-state index in [4.69, 9.17) is 0 Å². The third-order valence-corrected chi connectivity index (χ3v) is 5.74. The van der Waals surface area contributed by atoms with Crippen LogP contribution in [0.2, 0.25) is 0 Å². The molecule has 0 bridgehead atoms. The molecule has 5 nitrogen and oxygen atoms in total. The lowest BCUT2D eigenvalue weighted by Crippen LogP contribution is -2.30. The van der Waals surface area contributed by atoms with Gasteiger partial charge in [-0.15, -0.1) is 11.3 Å². The number of thiophene rings is 1. The summed E-state index contributed by atoms with van der Waals surface area (Å²) in [5.74, 6) is 0.621. The molecule has 0 saturated carbocycles. The Kier molecular flexibility index (Phi) is 4.96. The Morgan fingerprint density at radius 3 is 2.62 bits per heavy atom. The molecule has 2 aromatic heterocycles. The lowest BCUT2D eigenvalue weighted by atomic mass is 10.0. The molecular formula is C20H23N3O2S. The normalized spacial score (nSPS) is 11.3. The first-order valence-corrected chi connectivity index (χ1v) is 9.47. The molecule has 26 heavy (non-hydrogen) atoms. The molecule has 1 N–H and O–H groups in total. The van der Waals surface area contributed by atoms with Crippen molar-refractivity contribution in [2.75, 3.05) is 5.32 Å². The Hall–Kier alpha value is -2.47. The van der Waals surface area contributed by atoms with Crippen LogP contribution in [0, 0.1) is 20.8 Å². The summed E-state index contributed by atoms with van der Waals surface area (Å²) in [4.78, 5) is 31.8. The molecule has 3 rings (SSSR count). The highest BCUT2D eigenvalue weighted by atomic mass is 32.1. The van der Waals surface area contributed by atoms with E-state index in [2.05, 4.69) is 24.1 Å². The molecule has 3 aromatic rings. The molecule has 0 radical (unpaired) electrons. The van der Waals surface area contributed by atoms with Crippen LogP contribution in [-0.4, -0.2) is 15.5 Å². The van der Waals surface area contributed by atoms with Gasteiger partial charge in [0.15, 0.2) is 0 Å². The fraction of sp³-hybridized carbons (Fsp3) is 0.350. The van der Waals surface area contributed by atoms with Crippen molar-refractivity contribution in [2.45, 2.75) is 47.1 Å². The predicted molar refractivity (Wildman–Crippen MR) is 107 cm³/mol. The highest BCUT2D eigenvalue weighted by molar-refractivity contribution is 7.18. The van der Waals surface area contributed by atoms with Gasteiger partial charge < -0.3 is 5.32 Å². The number of para-hydroxylation sites is 1. The predicted octanol–water partition coefficient (Wildman–Crippen LogP) is 4.15. The summed E-state index contributed by atoms with van der Waals surface area (Å²) in [5.41, 5.74) is 2.65. The molecule has 0 aliphatic heterocycles. The van der Waals surface area contributed by atoms with E-state index in [0.717, 1.165) is 26.5 Å². The van der Waals surface area contributed by atoms with Crippen molar-refractivity contribution >= 4 is 33.1 Å². The first-order valence-electron chi connectivity index (χ1n) is 8.65. The number of aryl methyl sites for hydroxylation is 3. The number of amides is 1. The highest BCUT2D eigenvalue weighted by Gasteiger charge is 2.17. The standard InChI is InChI=1S/C20H23N3O2S/c1-11(2)15-8-6-7-9-16(15)22-17(24)10-23-14(5)21-19-18(20(23)25)12(3)13(4)26-19/h6-9,11H,10H2,1-5H3,(H,22,24). The maximum atomic E-state index is 12.9. The SMILES string of the molecule is Cc1sc2nc(C)n(CC(=O)Nc3ccccc3C(C)C)c(=O)c2c1C. The number of nitrogens with zero attached hydrogens (tertiary/aromatic N) is 2. The van der Waals surface area contributed by atoms with E-state index < -0.39 is 0 Å². The van der Waals surface area contributed by atoms with E-state index in [1.54, 1.807) is 6.92 Å². The number of nitrogens with one attached hydrogen (secondary N) is 1. The van der Waals surface area contributed by atoms with Crippen molar-refractivity contribution in [1.29, 1.82) is 0 Å². The summed E-state index contributed by atoms with van der Waals surface area (Å²) in [6.45, 7) is 9.79. The lowest BCUT2D eigenvalue weighted by molar-refractivity contribution is -0.116. The number of hydrogen-bond acceptors (Lipinski definition) is 4. The molecule has 0 fully saturated rings. The second kappa shape index (κ2) is 7.03. The van der Waals surface area contributed by atoms with Gasteiger partial charge in [0.2, 0.25) is 5.91 Å². The molecule has 0 aliphatic carbocycles. The van der Waals surface area contributed by atoms with E-state index in [1.165, 1.54) is 15.9 Å². The lowest BCUT2D eigenvalue weighted by Gasteiger charge is -2.15. The van der Waals surface area contributed by atoms with E-state index in [1.807, 2.05) is 38.1 Å². The Balaban J connectivity index is 1.93. The van der Waals surface area contributed by atoms with Crippen molar-refractivity contribution < 1.29 is 4.79 Å². The van der Waals surface area contributed by atoms with Crippen molar-refractivity contribution in [3.05, 3.63) is 56.4 Å². The van der Waals surface area contributed by atoms with E-state index in [0.29, 0.717) is 17.1 Å². The van der Waals surface area contributed by atoms with Gasteiger partial charge in [0, 0.05) is 10.6 Å². The quantitative estimate of drug-likeness (QED) is 0.751. The molecule has 6 heteroatoms. The maximum Gasteiger partial charge on any atom is 0.263 e. The van der Waals surface area contributed by atoms with Crippen LogP contribution in [0.5, 0.6) is 0 Å². The fourth-order valence-electron chi connectivity index (χ4n) is 3.06. The van der Waals surface area contributed by atoms with Crippen molar-refractivity contribution in [3.8, 4) is 0 Å². The average molecular weight is 369 g/mol. The van der Waals surface area contributed by atoms with Crippen LogP contribution in [-0.2, 0) is 11.3 Å². The van der Waals surface area contributed by atoms with Crippen molar-refractivity contribution in [1.82, 2.24) is 9.55 Å². The minimum Gasteiger partial charge on any atom is -0.324 e. The molecule has 2 heterocycles. The first kappa shape index (κ1) is 18.3. The number of fused-ring (bicyclic) bond motifs is 1. The maximum absolute atomic E-state index is 12.9. The second-order valence-electron chi connectivity index (χ2n) is 6.80. The van der Waals surface area contributed by atoms with Crippen LogP contribution in [0.1, 0.15) is 41.6 Å². The molecule has 1 aromatic carbocycles. The zero-order valence-electron chi connectivity index (χ0n) is 15.7. The summed E-state index contributed by atoms with van der Waals surface area (Å²) in [6, 6.07) is 7.74. The largest absolute Gasteiger partial charge is 0.324 e. The monoisotopic (exact) mass is 369 g/mol. The van der Waals surface area contributed by atoms with Crippen LogP contribution in [0.3, 0.4) is 0 Å². The van der Waals surface area contributed by atoms with Crippen LogP contribution < -0.4 is 10.9 Å². The van der Waals surface area contributed by atoms with E-state index in [9.17, 15) is 9.59 Å². The van der Waals surface area contributed by atoms with Crippen LogP contribution in [0.25, 0.3) is 10.2 Å². The van der Waals surface area contributed by atoms with Gasteiger partial charge in [-0.25, -0.2) is 4.98 Å². The number of hydrogen-bond donors (Lipinski definition) is 1. The molecule has 0 aliphatic rings. The Morgan fingerprint density at radius 2 is 1.92 bits per heavy atom. The Bertz CT molecular complexity index is 1050. The van der Waals surface area contributed by atoms with E-state index >= 15 is 0 Å². The van der Waals surface area contributed by atoms with Crippen LogP contribution >= 0.6 is 11.3 Å². The van der Waals surface area contributed by atoms with E-state index in [-0.39, 0.29) is 18.0 Å². The van der Waals surface area contributed by atoms with Gasteiger partial charge in [0.25, 0.3) is 5.56 Å². The van der Waals surface area contributed by atoms with Gasteiger partial charge in [0.05, 0.1) is 5.39 Å². The van der Waals surface area contributed by atoms with Gasteiger partial charge in [-0.05, 0) is 43.9 Å². The minimum atomic E-state index is -0.228. The summed E-state index contributed by atoms with van der Waals surface area (Å²) in [7, 11) is 0. The molecule has 136 valence electrons. The summed E-state index contributed by atoms with van der Waals surface area (Å²) < 4.78 is 1.45. The molecule has 0 atom stereocenters. The van der Waals surface area contributed by atoms with Gasteiger partial charge in [-0.3, -0.25) is 14.2 Å². The van der Waals surface area contributed by atoms with Crippen LogP contribution in [0.15, 0.2) is 29.1 Å². The number of carbonyl (C=O) groups is 1. The summed E-state index contributed by atoms with van der Waals surface area (Å²) >= 11 is 1.52. The topological polar surface area (TPSA) is 64.0 Å². The second-order valence-corrected chi connectivity index (χ2v) is 8.01. The van der Waals surface area contributed by atoms with Gasteiger partial charge in [0.1, 0.15) is 17.2 Å². The number of anilines is 1. The summed E-state index contributed by atoms with van der Waals surface area (Å²) in [5, 5.41) is 3.56. The smallest absolute Gasteiger partial charge is 0.263 e. The number of benzene rings is 1. The third kappa shape index (κ3) is 3.29. The number of rotatable bonds is 4. The van der Waals surface area contributed by atoms with Crippen molar-refractivity contribution in [3.63, 3.8) is 0 Å². The number of aromatic nitrogens is 2. The zero-order valence-corrected chi connectivity index (χ0v) is 16.5. The Labute approximate surface area is 156 Å². The van der Waals surface area contributed by atoms with Crippen LogP contribution in [0.4, 0.5) is 5.69 Å². The van der Waals surface area contributed by atoms with Gasteiger partial charge >= 0.3 is 0 Å². The number of carbonyl (C=O) groups excluding carboxylic acids is 1. The van der Waals surface area contributed by atoms with Gasteiger partial charge in [-0.1, -0.05) is 32.0 Å². The first-order chi connectivity index (χ1) is 12.3. The molecule has 0 unspecified atom stereocenters. The molecule has 0 spiro atoms.